The number of anilines is 1. The van der Waals surface area contributed by atoms with Crippen LogP contribution in [0.2, 0.25) is 0 Å². The fourth-order valence-corrected chi connectivity index (χ4v) is 1.56. The minimum absolute atomic E-state index is 0.0703. The molecule has 0 aliphatic carbocycles. The molecular weight excluding hydrogens is 216 g/mol. The SMILES string of the molecule is CC#CC(=O)N(C)c1nc(C(=O)O)cs1. The molecule has 0 saturated carbocycles. The summed E-state index contributed by atoms with van der Waals surface area (Å²) in [5.74, 6) is 3.28. The van der Waals surface area contributed by atoms with Crippen LogP contribution in [0.15, 0.2) is 5.38 Å². The van der Waals surface area contributed by atoms with E-state index in [1.165, 1.54) is 17.3 Å². The zero-order valence-corrected chi connectivity index (χ0v) is 8.96. The van der Waals surface area contributed by atoms with Gasteiger partial charge in [-0.2, -0.15) is 0 Å². The Morgan fingerprint density at radius 1 is 1.60 bits per heavy atom. The smallest absolute Gasteiger partial charge is 0.355 e. The summed E-state index contributed by atoms with van der Waals surface area (Å²) in [7, 11) is 1.50. The van der Waals surface area contributed by atoms with Crippen LogP contribution >= 0.6 is 11.3 Å². The lowest BCUT2D eigenvalue weighted by atomic mass is 10.5. The van der Waals surface area contributed by atoms with Crippen molar-refractivity contribution in [2.75, 3.05) is 11.9 Å². The number of aromatic nitrogens is 1. The van der Waals surface area contributed by atoms with Crippen molar-refractivity contribution in [3.63, 3.8) is 0 Å². The zero-order chi connectivity index (χ0) is 11.4. The molecule has 0 fully saturated rings. The average molecular weight is 224 g/mol. The summed E-state index contributed by atoms with van der Waals surface area (Å²) in [4.78, 5) is 26.8. The first kappa shape index (κ1) is 11.2. The van der Waals surface area contributed by atoms with Crippen molar-refractivity contribution >= 4 is 28.3 Å². The quantitative estimate of drug-likeness (QED) is 0.755. The lowest BCUT2D eigenvalue weighted by Gasteiger charge is -2.08. The Labute approximate surface area is 90.4 Å². The fraction of sp³-hybridized carbons (Fsp3) is 0.222. The van der Waals surface area contributed by atoms with Gasteiger partial charge in [0.15, 0.2) is 10.8 Å². The van der Waals surface area contributed by atoms with Gasteiger partial charge in [-0.25, -0.2) is 9.78 Å². The van der Waals surface area contributed by atoms with E-state index >= 15 is 0 Å². The van der Waals surface area contributed by atoms with E-state index in [1.807, 2.05) is 0 Å². The van der Waals surface area contributed by atoms with Gasteiger partial charge in [-0.15, -0.1) is 11.3 Å². The van der Waals surface area contributed by atoms with Crippen LogP contribution < -0.4 is 4.90 Å². The summed E-state index contributed by atoms with van der Waals surface area (Å²) in [6.45, 7) is 1.55. The van der Waals surface area contributed by atoms with Crippen molar-refractivity contribution in [1.82, 2.24) is 4.98 Å². The monoisotopic (exact) mass is 224 g/mol. The van der Waals surface area contributed by atoms with Gasteiger partial charge in [-0.3, -0.25) is 9.69 Å². The van der Waals surface area contributed by atoms with Crippen LogP contribution in [0.5, 0.6) is 0 Å². The Hall–Kier alpha value is -1.87. The molecular formula is C9H8N2O3S. The van der Waals surface area contributed by atoms with E-state index in [4.69, 9.17) is 5.11 Å². The van der Waals surface area contributed by atoms with Crippen molar-refractivity contribution < 1.29 is 14.7 Å². The molecule has 0 aliphatic rings. The van der Waals surface area contributed by atoms with Crippen molar-refractivity contribution in [3.8, 4) is 11.8 Å². The maximum atomic E-state index is 11.3. The molecule has 78 valence electrons. The van der Waals surface area contributed by atoms with Gasteiger partial charge >= 0.3 is 11.9 Å². The molecule has 1 amide bonds. The van der Waals surface area contributed by atoms with Crippen molar-refractivity contribution in [1.29, 1.82) is 0 Å². The molecule has 0 unspecified atom stereocenters. The molecule has 0 aliphatic heterocycles. The van der Waals surface area contributed by atoms with Gasteiger partial charge in [0, 0.05) is 12.4 Å². The number of carbonyl (C=O) groups excluding carboxylic acids is 1. The Bertz CT molecular complexity index is 455. The molecule has 1 aromatic rings. The molecule has 0 atom stereocenters. The van der Waals surface area contributed by atoms with Gasteiger partial charge in [-0.05, 0) is 12.8 Å². The van der Waals surface area contributed by atoms with Gasteiger partial charge in [0.25, 0.3) is 0 Å². The molecule has 1 heterocycles. The zero-order valence-electron chi connectivity index (χ0n) is 8.14. The van der Waals surface area contributed by atoms with E-state index in [-0.39, 0.29) is 5.69 Å². The number of carboxylic acid groups (broad SMARTS) is 1. The normalized spacial score (nSPS) is 8.93. The topological polar surface area (TPSA) is 70.5 Å². The summed E-state index contributed by atoms with van der Waals surface area (Å²) in [5, 5.41) is 10.3. The lowest BCUT2D eigenvalue weighted by molar-refractivity contribution is -0.113. The Balaban J connectivity index is 2.90. The molecule has 1 rings (SSSR count). The first-order chi connectivity index (χ1) is 7.06. The second-order valence-corrected chi connectivity index (χ2v) is 3.40. The van der Waals surface area contributed by atoms with E-state index in [9.17, 15) is 9.59 Å². The van der Waals surface area contributed by atoms with Gasteiger partial charge < -0.3 is 5.11 Å². The van der Waals surface area contributed by atoms with Gasteiger partial charge in [0.2, 0.25) is 0 Å². The minimum Gasteiger partial charge on any atom is -0.476 e. The standard InChI is InChI=1S/C9H8N2O3S/c1-3-4-7(12)11(2)9-10-6(5-15-9)8(13)14/h5H,1-2H3,(H,13,14). The molecule has 0 bridgehead atoms. The highest BCUT2D eigenvalue weighted by atomic mass is 32.1. The summed E-state index contributed by atoms with van der Waals surface area (Å²) in [6.07, 6.45) is 0. The van der Waals surface area contributed by atoms with Crippen LogP contribution in [0.25, 0.3) is 0 Å². The average Bonchev–Trinajstić information content (AvgIpc) is 2.65. The molecule has 0 spiro atoms. The number of rotatable bonds is 2. The summed E-state index contributed by atoms with van der Waals surface area (Å²) >= 11 is 1.09. The molecule has 1 N–H and O–H groups in total. The number of amides is 1. The third-order valence-electron chi connectivity index (χ3n) is 1.53. The molecule has 6 heteroatoms. The van der Waals surface area contributed by atoms with Crippen LogP contribution in [-0.4, -0.2) is 29.0 Å². The van der Waals surface area contributed by atoms with E-state index in [2.05, 4.69) is 16.8 Å². The summed E-state index contributed by atoms with van der Waals surface area (Å²) < 4.78 is 0. The highest BCUT2D eigenvalue weighted by Crippen LogP contribution is 2.19. The molecule has 0 aromatic carbocycles. The minimum atomic E-state index is -1.11. The molecule has 15 heavy (non-hydrogen) atoms. The third kappa shape index (κ3) is 2.54. The molecule has 0 radical (unpaired) electrons. The number of carbonyl (C=O) groups is 2. The van der Waals surface area contributed by atoms with Gasteiger partial charge in [0.05, 0.1) is 0 Å². The predicted molar refractivity (Wildman–Crippen MR) is 55.9 cm³/mol. The van der Waals surface area contributed by atoms with Crippen molar-refractivity contribution in [2.45, 2.75) is 6.92 Å². The first-order valence-electron chi connectivity index (χ1n) is 3.95. The second kappa shape index (κ2) is 4.57. The summed E-state index contributed by atoms with van der Waals surface area (Å²) in [5.41, 5.74) is -0.0703. The highest BCUT2D eigenvalue weighted by Gasteiger charge is 2.15. The Morgan fingerprint density at radius 3 is 2.73 bits per heavy atom. The number of thiazole rings is 1. The second-order valence-electron chi connectivity index (χ2n) is 2.56. The van der Waals surface area contributed by atoms with Crippen LogP contribution in [0.1, 0.15) is 17.4 Å². The molecule has 5 nitrogen and oxygen atoms in total. The van der Waals surface area contributed by atoms with E-state index in [0.29, 0.717) is 5.13 Å². The van der Waals surface area contributed by atoms with Gasteiger partial charge in [-0.1, -0.05) is 5.92 Å². The first-order valence-corrected chi connectivity index (χ1v) is 4.83. The number of hydrogen-bond donors (Lipinski definition) is 1. The fourth-order valence-electron chi connectivity index (χ4n) is 0.794. The van der Waals surface area contributed by atoms with E-state index < -0.39 is 11.9 Å². The summed E-state index contributed by atoms with van der Waals surface area (Å²) in [6, 6.07) is 0. The number of carboxylic acids is 1. The Morgan fingerprint density at radius 2 is 2.27 bits per heavy atom. The largest absolute Gasteiger partial charge is 0.476 e. The predicted octanol–water partition coefficient (Wildman–Crippen LogP) is 0.827. The van der Waals surface area contributed by atoms with Crippen LogP contribution in [0.4, 0.5) is 5.13 Å². The van der Waals surface area contributed by atoms with E-state index in [1.54, 1.807) is 6.92 Å². The highest BCUT2D eigenvalue weighted by molar-refractivity contribution is 7.14. The van der Waals surface area contributed by atoms with Crippen LogP contribution in [0.3, 0.4) is 0 Å². The number of nitrogens with zero attached hydrogens (tertiary/aromatic N) is 2. The van der Waals surface area contributed by atoms with Crippen molar-refractivity contribution in [2.24, 2.45) is 0 Å². The molecule has 1 aromatic heterocycles. The molecule has 0 saturated heterocycles. The number of hydrogen-bond acceptors (Lipinski definition) is 4. The third-order valence-corrected chi connectivity index (χ3v) is 2.45. The Kier molecular flexibility index (Phi) is 3.42. The number of aromatic carboxylic acids is 1. The maximum Gasteiger partial charge on any atom is 0.355 e. The maximum absolute atomic E-state index is 11.3. The van der Waals surface area contributed by atoms with E-state index in [0.717, 1.165) is 11.3 Å². The van der Waals surface area contributed by atoms with Gasteiger partial charge in [0.1, 0.15) is 0 Å². The van der Waals surface area contributed by atoms with Crippen LogP contribution in [-0.2, 0) is 4.79 Å². The van der Waals surface area contributed by atoms with Crippen molar-refractivity contribution in [3.05, 3.63) is 11.1 Å². The lowest BCUT2D eigenvalue weighted by Crippen LogP contribution is -2.24. The van der Waals surface area contributed by atoms with Crippen LogP contribution in [0, 0.1) is 11.8 Å².